The Bertz CT molecular complexity index is 201. The van der Waals surface area contributed by atoms with Gasteiger partial charge in [0.15, 0.2) is 0 Å². The fourth-order valence-electron chi connectivity index (χ4n) is 0.782. The van der Waals surface area contributed by atoms with Crippen LogP contribution in [0.25, 0.3) is 0 Å². The first-order chi connectivity index (χ1) is 4.61. The van der Waals surface area contributed by atoms with Crippen molar-refractivity contribution in [3.63, 3.8) is 0 Å². The second kappa shape index (κ2) is 4.32. The summed E-state index contributed by atoms with van der Waals surface area (Å²) in [6.45, 7) is 6.53. The maximum Gasteiger partial charge on any atom is 0 e. The van der Waals surface area contributed by atoms with Crippen LogP contribution in [0.15, 0.2) is 18.3 Å². The van der Waals surface area contributed by atoms with E-state index in [-0.39, 0.29) is 38.1 Å². The van der Waals surface area contributed by atoms with Gasteiger partial charge < -0.3 is 4.98 Å². The van der Waals surface area contributed by atoms with Crippen LogP contribution in [0.2, 0.25) is 0 Å². The van der Waals surface area contributed by atoms with Crippen LogP contribution in [0.1, 0.15) is 26.3 Å². The molecule has 0 fully saturated rings. The molecule has 0 bridgehead atoms. The summed E-state index contributed by atoms with van der Waals surface area (Å²) < 4.78 is 0. The van der Waals surface area contributed by atoms with Crippen LogP contribution in [-0.4, -0.2) is 4.98 Å². The predicted octanol–water partition coefficient (Wildman–Crippen LogP) is 2.18. The van der Waals surface area contributed by atoms with Crippen molar-refractivity contribution in [1.82, 2.24) is 4.98 Å². The van der Waals surface area contributed by atoms with Crippen molar-refractivity contribution in [3.05, 3.63) is 30.1 Å². The van der Waals surface area contributed by atoms with Crippen LogP contribution in [-0.2, 0) is 38.1 Å². The first-order valence-electron chi connectivity index (χ1n) is 3.43. The van der Waals surface area contributed by atoms with Crippen LogP contribution in [0, 0.1) is 6.20 Å². The van der Waals surface area contributed by atoms with Gasteiger partial charge in [-0.05, 0) is 0 Å². The fraction of sp³-hybridized carbons (Fsp3) is 0.444. The van der Waals surface area contributed by atoms with Gasteiger partial charge in [0.2, 0.25) is 0 Å². The number of hydrogen-bond acceptors (Lipinski definition) is 1. The van der Waals surface area contributed by atoms with E-state index in [9.17, 15) is 0 Å². The quantitative estimate of drug-likeness (QED) is 0.614. The van der Waals surface area contributed by atoms with Crippen LogP contribution in [0.4, 0.5) is 0 Å². The van der Waals surface area contributed by atoms with E-state index in [1.54, 1.807) is 6.20 Å². The van der Waals surface area contributed by atoms with Gasteiger partial charge in [-0.15, -0.1) is 5.56 Å². The van der Waals surface area contributed by atoms with E-state index in [1.807, 2.05) is 12.1 Å². The van der Waals surface area contributed by atoms with E-state index < -0.39 is 0 Å². The molecule has 0 N–H and O–H groups in total. The molecule has 1 aromatic heterocycles. The summed E-state index contributed by atoms with van der Waals surface area (Å²) in [7, 11) is 0. The van der Waals surface area contributed by atoms with E-state index in [4.69, 9.17) is 0 Å². The molecule has 2 heteroatoms. The number of aromatic nitrogens is 1. The minimum atomic E-state index is 0. The van der Waals surface area contributed by atoms with Gasteiger partial charge >= 0.3 is 0 Å². The zero-order chi connectivity index (χ0) is 7.61. The summed E-state index contributed by atoms with van der Waals surface area (Å²) in [6.07, 6.45) is 4.60. The fourth-order valence-corrected chi connectivity index (χ4v) is 0.782. The topological polar surface area (TPSA) is 12.9 Å². The molecule has 1 radical (unpaired) electrons. The van der Waals surface area contributed by atoms with Crippen molar-refractivity contribution < 1.29 is 32.7 Å². The molecular formula is C9H12NY-. The summed E-state index contributed by atoms with van der Waals surface area (Å²) in [4.78, 5) is 3.83. The van der Waals surface area contributed by atoms with Crippen molar-refractivity contribution in [2.24, 2.45) is 0 Å². The standard InChI is InChI=1S/C9H12N.Y/c1-9(2,3)8-4-6-10-7-5-8;/h4-6H,1-3H3;/q-1;. The molecule has 0 saturated carbocycles. The van der Waals surface area contributed by atoms with Gasteiger partial charge in [0.05, 0.1) is 0 Å². The normalized spacial score (nSPS) is 10.5. The average molecular weight is 223 g/mol. The molecule has 0 spiro atoms. The van der Waals surface area contributed by atoms with E-state index in [0.29, 0.717) is 0 Å². The molecule has 1 nitrogen and oxygen atoms in total. The molecule has 0 amide bonds. The number of hydrogen-bond donors (Lipinski definition) is 0. The van der Waals surface area contributed by atoms with Crippen LogP contribution in [0.3, 0.4) is 0 Å². The monoisotopic (exact) mass is 223 g/mol. The minimum absolute atomic E-state index is 0. The van der Waals surface area contributed by atoms with E-state index in [2.05, 4.69) is 32.0 Å². The third kappa shape index (κ3) is 3.44. The number of rotatable bonds is 0. The predicted molar refractivity (Wildman–Crippen MR) is 41.8 cm³/mol. The number of pyridine rings is 1. The minimum Gasteiger partial charge on any atom is -0.394 e. The first-order valence-corrected chi connectivity index (χ1v) is 3.43. The van der Waals surface area contributed by atoms with Crippen LogP contribution >= 0.6 is 0 Å². The summed E-state index contributed by atoms with van der Waals surface area (Å²) in [5, 5.41) is 0. The molecule has 0 aliphatic rings. The van der Waals surface area contributed by atoms with Crippen molar-refractivity contribution in [1.29, 1.82) is 0 Å². The Morgan fingerprint density at radius 2 is 2.00 bits per heavy atom. The second-order valence-electron chi connectivity index (χ2n) is 3.42. The van der Waals surface area contributed by atoms with Gasteiger partial charge in [-0.25, -0.2) is 0 Å². The Hall–Kier alpha value is 0.254. The largest absolute Gasteiger partial charge is 0.394 e. The Balaban J connectivity index is 0.000001000. The Labute approximate surface area is 93.5 Å². The summed E-state index contributed by atoms with van der Waals surface area (Å²) in [5.74, 6) is 0. The maximum absolute atomic E-state index is 3.83. The molecule has 0 aliphatic heterocycles. The molecule has 1 heterocycles. The van der Waals surface area contributed by atoms with E-state index in [0.717, 1.165) is 0 Å². The summed E-state index contributed by atoms with van der Waals surface area (Å²) in [5.41, 5.74) is 1.50. The van der Waals surface area contributed by atoms with Crippen molar-refractivity contribution >= 4 is 0 Å². The Kier molecular flexibility index (Phi) is 4.42. The number of nitrogens with zero attached hydrogens (tertiary/aromatic N) is 1. The molecule has 1 rings (SSSR count). The molecule has 0 aliphatic carbocycles. The molecule has 0 unspecified atom stereocenters. The van der Waals surface area contributed by atoms with Crippen LogP contribution < -0.4 is 0 Å². The maximum atomic E-state index is 3.83. The van der Waals surface area contributed by atoms with Gasteiger partial charge in [-0.3, -0.25) is 0 Å². The SMILES string of the molecule is CC(C)(C)c1c[c-]ncc1.[Y]. The van der Waals surface area contributed by atoms with Crippen molar-refractivity contribution in [2.75, 3.05) is 0 Å². The molecule has 1 aromatic rings. The van der Waals surface area contributed by atoms with Gasteiger partial charge in [-0.2, -0.15) is 12.1 Å². The zero-order valence-electron chi connectivity index (χ0n) is 7.26. The second-order valence-corrected chi connectivity index (χ2v) is 3.42. The molecule has 11 heavy (non-hydrogen) atoms. The van der Waals surface area contributed by atoms with E-state index >= 15 is 0 Å². The van der Waals surface area contributed by atoms with Gasteiger partial charge in [0.25, 0.3) is 0 Å². The zero-order valence-corrected chi connectivity index (χ0v) is 10.1. The van der Waals surface area contributed by atoms with Gasteiger partial charge in [0.1, 0.15) is 0 Å². The summed E-state index contributed by atoms with van der Waals surface area (Å²) in [6, 6.07) is 3.95. The third-order valence-corrected chi connectivity index (χ3v) is 1.49. The van der Waals surface area contributed by atoms with Gasteiger partial charge in [0, 0.05) is 32.7 Å². The van der Waals surface area contributed by atoms with Crippen LogP contribution in [0.5, 0.6) is 0 Å². The molecule has 0 atom stereocenters. The first kappa shape index (κ1) is 11.3. The summed E-state index contributed by atoms with van der Waals surface area (Å²) >= 11 is 0. The van der Waals surface area contributed by atoms with Gasteiger partial charge in [-0.1, -0.05) is 38.6 Å². The molecule has 0 saturated heterocycles. The third-order valence-electron chi connectivity index (χ3n) is 1.49. The Morgan fingerprint density at radius 3 is 2.27 bits per heavy atom. The van der Waals surface area contributed by atoms with E-state index in [1.165, 1.54) is 5.56 Å². The molecule has 0 aromatic carbocycles. The average Bonchev–Trinajstić information content (AvgIpc) is 1.88. The molecule has 57 valence electrons. The smallest absolute Gasteiger partial charge is 0 e. The molecular weight excluding hydrogens is 211 g/mol. The van der Waals surface area contributed by atoms with Crippen molar-refractivity contribution in [3.8, 4) is 0 Å². The van der Waals surface area contributed by atoms with Crippen molar-refractivity contribution in [2.45, 2.75) is 26.2 Å². The Morgan fingerprint density at radius 1 is 1.36 bits per heavy atom.